The van der Waals surface area contributed by atoms with Crippen LogP contribution in [0.1, 0.15) is 41.8 Å². The van der Waals surface area contributed by atoms with E-state index in [0.717, 1.165) is 12.0 Å². The molecule has 0 unspecified atom stereocenters. The number of hydrogen-bond donors (Lipinski definition) is 1. The van der Waals surface area contributed by atoms with Crippen molar-refractivity contribution >= 4 is 16.8 Å². The SMILES string of the molecule is CCCc1c(O)c(C(C)=O)cc2c(C)cc(=O)oc12. The number of carbonyl (C=O) groups is 1. The molecule has 0 atom stereocenters. The van der Waals surface area contributed by atoms with Gasteiger partial charge in [0.05, 0.1) is 5.56 Å². The van der Waals surface area contributed by atoms with Gasteiger partial charge in [-0.3, -0.25) is 4.79 Å². The molecule has 0 spiro atoms. The fourth-order valence-electron chi connectivity index (χ4n) is 2.26. The fraction of sp³-hybridized carbons (Fsp3) is 0.333. The van der Waals surface area contributed by atoms with Crippen LogP contribution in [0.2, 0.25) is 0 Å². The Morgan fingerprint density at radius 1 is 1.37 bits per heavy atom. The van der Waals surface area contributed by atoms with Crippen molar-refractivity contribution in [3.63, 3.8) is 0 Å². The van der Waals surface area contributed by atoms with Gasteiger partial charge >= 0.3 is 5.63 Å². The maximum Gasteiger partial charge on any atom is 0.336 e. The van der Waals surface area contributed by atoms with Gasteiger partial charge in [-0.15, -0.1) is 0 Å². The van der Waals surface area contributed by atoms with Gasteiger partial charge in [0, 0.05) is 17.0 Å². The average Bonchev–Trinajstić information content (AvgIpc) is 2.32. The largest absolute Gasteiger partial charge is 0.507 e. The summed E-state index contributed by atoms with van der Waals surface area (Å²) in [6.45, 7) is 5.15. The first-order valence-electron chi connectivity index (χ1n) is 6.26. The number of hydrogen-bond acceptors (Lipinski definition) is 4. The Morgan fingerprint density at radius 2 is 2.05 bits per heavy atom. The third-order valence-electron chi connectivity index (χ3n) is 3.19. The van der Waals surface area contributed by atoms with Crippen molar-refractivity contribution in [1.29, 1.82) is 0 Å². The van der Waals surface area contributed by atoms with Crippen LogP contribution in [-0.2, 0) is 6.42 Å². The molecule has 0 radical (unpaired) electrons. The molecular formula is C15H16O4. The minimum atomic E-state index is -0.447. The smallest absolute Gasteiger partial charge is 0.336 e. The molecule has 0 aliphatic heterocycles. The number of ketones is 1. The van der Waals surface area contributed by atoms with E-state index in [-0.39, 0.29) is 17.1 Å². The lowest BCUT2D eigenvalue weighted by molar-refractivity contribution is 0.101. The molecule has 1 heterocycles. The molecule has 0 fully saturated rings. The number of aromatic hydroxyl groups is 1. The molecule has 4 heteroatoms. The third kappa shape index (κ3) is 2.26. The summed E-state index contributed by atoms with van der Waals surface area (Å²) in [6.07, 6.45) is 1.33. The van der Waals surface area contributed by atoms with Crippen LogP contribution < -0.4 is 5.63 Å². The van der Waals surface area contributed by atoms with Crippen LogP contribution in [0.5, 0.6) is 5.75 Å². The Kier molecular flexibility index (Phi) is 3.42. The molecule has 19 heavy (non-hydrogen) atoms. The van der Waals surface area contributed by atoms with Crippen LogP contribution in [0.25, 0.3) is 11.0 Å². The zero-order valence-corrected chi connectivity index (χ0v) is 11.2. The van der Waals surface area contributed by atoms with E-state index in [4.69, 9.17) is 4.42 Å². The van der Waals surface area contributed by atoms with Gasteiger partial charge in [0.2, 0.25) is 0 Å². The van der Waals surface area contributed by atoms with Crippen molar-refractivity contribution in [3.8, 4) is 5.75 Å². The van der Waals surface area contributed by atoms with E-state index in [0.29, 0.717) is 23.0 Å². The zero-order valence-electron chi connectivity index (χ0n) is 11.2. The summed E-state index contributed by atoms with van der Waals surface area (Å²) >= 11 is 0. The minimum absolute atomic E-state index is 0.0735. The number of Topliss-reactive ketones (excluding diaryl/α,β-unsaturated/α-hetero) is 1. The molecule has 0 bridgehead atoms. The lowest BCUT2D eigenvalue weighted by atomic mass is 9.97. The van der Waals surface area contributed by atoms with Crippen molar-refractivity contribution < 1.29 is 14.3 Å². The highest BCUT2D eigenvalue weighted by Gasteiger charge is 2.18. The van der Waals surface area contributed by atoms with Gasteiger partial charge in [0.15, 0.2) is 5.78 Å². The monoisotopic (exact) mass is 260 g/mol. The molecule has 0 aliphatic rings. The average molecular weight is 260 g/mol. The number of rotatable bonds is 3. The summed E-state index contributed by atoms with van der Waals surface area (Å²) in [5.41, 5.74) is 1.48. The van der Waals surface area contributed by atoms with Crippen LogP contribution in [0.4, 0.5) is 0 Å². The Bertz CT molecular complexity index is 710. The molecule has 0 saturated carbocycles. The molecule has 1 aromatic heterocycles. The molecule has 1 aromatic carbocycles. The highest BCUT2D eigenvalue weighted by atomic mass is 16.4. The second-order valence-electron chi connectivity index (χ2n) is 4.68. The first-order valence-corrected chi connectivity index (χ1v) is 6.26. The van der Waals surface area contributed by atoms with Crippen LogP contribution in [0.3, 0.4) is 0 Å². The molecule has 100 valence electrons. The summed E-state index contributed by atoms with van der Waals surface area (Å²) in [5, 5.41) is 10.9. The van der Waals surface area contributed by atoms with Gasteiger partial charge in [-0.25, -0.2) is 4.79 Å². The number of aryl methyl sites for hydroxylation is 2. The lowest BCUT2D eigenvalue weighted by Crippen LogP contribution is -2.03. The van der Waals surface area contributed by atoms with Crippen LogP contribution in [0.15, 0.2) is 21.3 Å². The number of phenolic OH excluding ortho intramolecular Hbond substituents is 1. The van der Waals surface area contributed by atoms with E-state index in [1.54, 1.807) is 13.0 Å². The first kappa shape index (κ1) is 13.3. The Labute approximate surface area is 110 Å². The highest BCUT2D eigenvalue weighted by molar-refractivity contribution is 6.02. The van der Waals surface area contributed by atoms with Crippen LogP contribution >= 0.6 is 0 Å². The minimum Gasteiger partial charge on any atom is -0.507 e. The molecule has 4 nitrogen and oxygen atoms in total. The lowest BCUT2D eigenvalue weighted by Gasteiger charge is -2.11. The van der Waals surface area contributed by atoms with Crippen LogP contribution in [0, 0.1) is 6.92 Å². The highest BCUT2D eigenvalue weighted by Crippen LogP contribution is 2.33. The van der Waals surface area contributed by atoms with Gasteiger partial charge in [0.1, 0.15) is 11.3 Å². The van der Waals surface area contributed by atoms with Crippen LogP contribution in [-0.4, -0.2) is 10.9 Å². The van der Waals surface area contributed by atoms with Gasteiger partial charge in [0.25, 0.3) is 0 Å². The Morgan fingerprint density at radius 3 is 2.63 bits per heavy atom. The van der Waals surface area contributed by atoms with Gasteiger partial charge < -0.3 is 9.52 Å². The number of phenols is 1. The normalized spacial score (nSPS) is 10.9. The van der Waals surface area contributed by atoms with Gasteiger partial charge in [-0.1, -0.05) is 13.3 Å². The van der Waals surface area contributed by atoms with Crippen molar-refractivity contribution in [2.45, 2.75) is 33.6 Å². The van der Waals surface area contributed by atoms with E-state index < -0.39 is 5.63 Å². The second-order valence-corrected chi connectivity index (χ2v) is 4.68. The quantitative estimate of drug-likeness (QED) is 0.680. The fourth-order valence-corrected chi connectivity index (χ4v) is 2.26. The predicted octanol–water partition coefficient (Wildman–Crippen LogP) is 2.96. The maximum absolute atomic E-state index is 11.6. The molecule has 0 aliphatic carbocycles. The summed E-state index contributed by atoms with van der Waals surface area (Å²) < 4.78 is 5.21. The molecule has 2 aromatic rings. The molecule has 0 amide bonds. The topological polar surface area (TPSA) is 67.5 Å². The number of fused-ring (bicyclic) bond motifs is 1. The van der Waals surface area contributed by atoms with Gasteiger partial charge in [-0.05, 0) is 31.9 Å². The van der Waals surface area contributed by atoms with E-state index in [2.05, 4.69) is 0 Å². The van der Waals surface area contributed by atoms with E-state index >= 15 is 0 Å². The zero-order chi connectivity index (χ0) is 14.2. The van der Waals surface area contributed by atoms with E-state index in [1.807, 2.05) is 6.92 Å². The molecule has 1 N–H and O–H groups in total. The van der Waals surface area contributed by atoms with Crippen molar-refractivity contribution in [2.75, 3.05) is 0 Å². The van der Waals surface area contributed by atoms with Crippen molar-refractivity contribution in [2.24, 2.45) is 0 Å². The predicted molar refractivity (Wildman–Crippen MR) is 72.9 cm³/mol. The molecular weight excluding hydrogens is 244 g/mol. The Hall–Kier alpha value is -2.10. The van der Waals surface area contributed by atoms with Crippen molar-refractivity contribution in [1.82, 2.24) is 0 Å². The summed E-state index contributed by atoms with van der Waals surface area (Å²) in [5.74, 6) is -0.280. The molecule has 2 rings (SSSR count). The van der Waals surface area contributed by atoms with E-state index in [1.165, 1.54) is 13.0 Å². The second kappa shape index (κ2) is 4.88. The Balaban J connectivity index is 2.95. The summed E-state index contributed by atoms with van der Waals surface area (Å²) in [7, 11) is 0. The maximum atomic E-state index is 11.6. The standard InChI is InChI=1S/C15H16O4/c1-4-5-10-14(18)12(9(3)16)7-11-8(2)6-13(17)19-15(10)11/h6-7,18H,4-5H2,1-3H3. The number of carbonyl (C=O) groups excluding carboxylic acids is 1. The molecule has 0 saturated heterocycles. The first-order chi connectivity index (χ1) is 8.95. The van der Waals surface area contributed by atoms with Crippen molar-refractivity contribution in [3.05, 3.63) is 39.2 Å². The van der Waals surface area contributed by atoms with E-state index in [9.17, 15) is 14.7 Å². The number of benzene rings is 1. The summed E-state index contributed by atoms with van der Waals surface area (Å²) in [4.78, 5) is 23.1. The third-order valence-corrected chi connectivity index (χ3v) is 3.19. The van der Waals surface area contributed by atoms with Gasteiger partial charge in [-0.2, -0.15) is 0 Å². The summed E-state index contributed by atoms with van der Waals surface area (Å²) in [6, 6.07) is 2.98.